The van der Waals surface area contributed by atoms with Gasteiger partial charge in [0.25, 0.3) is 5.91 Å². The summed E-state index contributed by atoms with van der Waals surface area (Å²) in [5.41, 5.74) is 0.628. The molecule has 3 heteroatoms. The molecule has 1 aromatic heterocycles. The first-order valence-corrected chi connectivity index (χ1v) is 6.30. The summed E-state index contributed by atoms with van der Waals surface area (Å²) >= 11 is 0. The molecule has 0 aromatic carbocycles. The van der Waals surface area contributed by atoms with Crippen molar-refractivity contribution in [1.82, 2.24) is 10.3 Å². The molecule has 1 heterocycles. The third-order valence-corrected chi connectivity index (χ3v) is 2.72. The maximum absolute atomic E-state index is 11.8. The van der Waals surface area contributed by atoms with Gasteiger partial charge >= 0.3 is 0 Å². The number of amides is 1. The van der Waals surface area contributed by atoms with Gasteiger partial charge in [0.15, 0.2) is 0 Å². The van der Waals surface area contributed by atoms with Gasteiger partial charge in [-0.3, -0.25) is 9.78 Å². The van der Waals surface area contributed by atoms with Gasteiger partial charge in [0.2, 0.25) is 0 Å². The van der Waals surface area contributed by atoms with Crippen molar-refractivity contribution in [3.05, 3.63) is 30.1 Å². The summed E-state index contributed by atoms with van der Waals surface area (Å²) in [6, 6.07) is 3.78. The SMILES string of the molecule is CC(C)CCCC(C)NC(=O)c1cccnc1. The van der Waals surface area contributed by atoms with Gasteiger partial charge in [0.1, 0.15) is 0 Å². The van der Waals surface area contributed by atoms with Gasteiger partial charge in [0, 0.05) is 18.4 Å². The van der Waals surface area contributed by atoms with E-state index in [1.165, 1.54) is 6.42 Å². The molecule has 1 N–H and O–H groups in total. The van der Waals surface area contributed by atoms with Crippen LogP contribution in [-0.2, 0) is 0 Å². The first kappa shape index (κ1) is 13.7. The molecular formula is C14H22N2O. The first-order chi connectivity index (χ1) is 8.09. The maximum atomic E-state index is 11.8. The summed E-state index contributed by atoms with van der Waals surface area (Å²) in [5, 5.41) is 2.99. The summed E-state index contributed by atoms with van der Waals surface area (Å²) < 4.78 is 0. The van der Waals surface area contributed by atoms with Crippen molar-refractivity contribution in [3.8, 4) is 0 Å². The van der Waals surface area contributed by atoms with Gasteiger partial charge in [-0.2, -0.15) is 0 Å². The number of hydrogen-bond donors (Lipinski definition) is 1. The molecule has 3 nitrogen and oxygen atoms in total. The molecule has 0 aliphatic carbocycles. The predicted octanol–water partition coefficient (Wildman–Crippen LogP) is 3.03. The quantitative estimate of drug-likeness (QED) is 0.822. The lowest BCUT2D eigenvalue weighted by Gasteiger charge is -2.14. The fourth-order valence-corrected chi connectivity index (χ4v) is 1.71. The van der Waals surface area contributed by atoms with Crippen LogP contribution in [0.3, 0.4) is 0 Å². The second-order valence-electron chi connectivity index (χ2n) is 4.94. The third-order valence-electron chi connectivity index (χ3n) is 2.72. The molecule has 1 aromatic rings. The van der Waals surface area contributed by atoms with Crippen molar-refractivity contribution in [2.75, 3.05) is 0 Å². The van der Waals surface area contributed by atoms with Crippen LogP contribution in [0.4, 0.5) is 0 Å². The van der Waals surface area contributed by atoms with Crippen LogP contribution in [0.5, 0.6) is 0 Å². The van der Waals surface area contributed by atoms with Crippen LogP contribution in [-0.4, -0.2) is 16.9 Å². The molecule has 0 spiro atoms. The summed E-state index contributed by atoms with van der Waals surface area (Å²) in [7, 11) is 0. The van der Waals surface area contributed by atoms with Gasteiger partial charge in [0.05, 0.1) is 5.56 Å². The van der Waals surface area contributed by atoms with E-state index in [9.17, 15) is 4.79 Å². The largest absolute Gasteiger partial charge is 0.350 e. The summed E-state index contributed by atoms with van der Waals surface area (Å²) in [6.07, 6.45) is 6.67. The van der Waals surface area contributed by atoms with Crippen LogP contribution in [0.25, 0.3) is 0 Å². The Kier molecular flexibility index (Phi) is 5.67. The summed E-state index contributed by atoms with van der Waals surface area (Å²) in [4.78, 5) is 15.7. The molecule has 0 fully saturated rings. The minimum absolute atomic E-state index is 0.0323. The van der Waals surface area contributed by atoms with Crippen LogP contribution in [0.1, 0.15) is 50.4 Å². The molecule has 17 heavy (non-hydrogen) atoms. The van der Waals surface area contributed by atoms with Gasteiger partial charge in [-0.15, -0.1) is 0 Å². The van der Waals surface area contributed by atoms with Crippen LogP contribution in [0.15, 0.2) is 24.5 Å². The lowest BCUT2D eigenvalue weighted by molar-refractivity contribution is 0.0937. The van der Waals surface area contributed by atoms with E-state index in [4.69, 9.17) is 0 Å². The Hall–Kier alpha value is -1.38. The Bertz CT molecular complexity index is 335. The lowest BCUT2D eigenvalue weighted by atomic mass is 10.0. The molecule has 0 aliphatic rings. The molecule has 94 valence electrons. The third kappa shape index (κ3) is 5.48. The van der Waals surface area contributed by atoms with E-state index < -0.39 is 0 Å². The normalized spacial score (nSPS) is 12.5. The lowest BCUT2D eigenvalue weighted by Crippen LogP contribution is -2.32. The van der Waals surface area contributed by atoms with E-state index in [0.29, 0.717) is 5.56 Å². The van der Waals surface area contributed by atoms with E-state index in [0.717, 1.165) is 18.8 Å². The van der Waals surface area contributed by atoms with Crippen molar-refractivity contribution >= 4 is 5.91 Å². The van der Waals surface area contributed by atoms with Gasteiger partial charge < -0.3 is 5.32 Å². The Balaban J connectivity index is 2.31. The monoisotopic (exact) mass is 234 g/mol. The van der Waals surface area contributed by atoms with Crippen LogP contribution < -0.4 is 5.32 Å². The second-order valence-corrected chi connectivity index (χ2v) is 4.94. The Morgan fingerprint density at radius 1 is 1.35 bits per heavy atom. The highest BCUT2D eigenvalue weighted by molar-refractivity contribution is 5.93. The number of rotatable bonds is 6. The smallest absolute Gasteiger partial charge is 0.253 e. The molecular weight excluding hydrogens is 212 g/mol. The van der Waals surface area contributed by atoms with E-state index in [-0.39, 0.29) is 11.9 Å². The molecule has 1 rings (SSSR count). The zero-order chi connectivity index (χ0) is 12.7. The molecule has 0 bridgehead atoms. The minimum atomic E-state index is -0.0323. The zero-order valence-corrected chi connectivity index (χ0v) is 10.9. The zero-order valence-electron chi connectivity index (χ0n) is 10.9. The number of nitrogens with one attached hydrogen (secondary N) is 1. The highest BCUT2D eigenvalue weighted by atomic mass is 16.1. The van der Waals surface area contributed by atoms with Crippen LogP contribution in [0, 0.1) is 5.92 Å². The molecule has 0 saturated heterocycles. The first-order valence-electron chi connectivity index (χ1n) is 6.30. The van der Waals surface area contributed by atoms with Crippen molar-refractivity contribution in [3.63, 3.8) is 0 Å². The van der Waals surface area contributed by atoms with E-state index >= 15 is 0 Å². The predicted molar refractivity (Wildman–Crippen MR) is 69.9 cm³/mol. The highest BCUT2D eigenvalue weighted by Crippen LogP contribution is 2.08. The Morgan fingerprint density at radius 3 is 2.71 bits per heavy atom. The van der Waals surface area contributed by atoms with Crippen molar-refractivity contribution in [2.24, 2.45) is 5.92 Å². The Morgan fingerprint density at radius 2 is 2.12 bits per heavy atom. The number of nitrogens with zero attached hydrogens (tertiary/aromatic N) is 1. The van der Waals surface area contributed by atoms with Crippen LogP contribution >= 0.6 is 0 Å². The van der Waals surface area contributed by atoms with Crippen molar-refractivity contribution < 1.29 is 4.79 Å². The summed E-state index contributed by atoms with van der Waals surface area (Å²) in [6.45, 7) is 6.49. The number of hydrogen-bond acceptors (Lipinski definition) is 2. The average Bonchev–Trinajstić information content (AvgIpc) is 2.29. The molecule has 1 unspecified atom stereocenters. The Labute approximate surface area is 104 Å². The topological polar surface area (TPSA) is 42.0 Å². The highest BCUT2D eigenvalue weighted by Gasteiger charge is 2.09. The number of pyridine rings is 1. The minimum Gasteiger partial charge on any atom is -0.350 e. The van der Waals surface area contributed by atoms with Crippen molar-refractivity contribution in [2.45, 2.75) is 46.1 Å². The maximum Gasteiger partial charge on any atom is 0.253 e. The number of carbonyl (C=O) groups excluding carboxylic acids is 1. The molecule has 1 atom stereocenters. The molecule has 0 radical (unpaired) electrons. The summed E-state index contributed by atoms with van der Waals surface area (Å²) in [5.74, 6) is 0.700. The number of carbonyl (C=O) groups is 1. The van der Waals surface area contributed by atoms with Gasteiger partial charge in [-0.1, -0.05) is 26.7 Å². The fraction of sp³-hybridized carbons (Fsp3) is 0.571. The molecule has 0 aliphatic heterocycles. The van der Waals surface area contributed by atoms with Gasteiger partial charge in [-0.25, -0.2) is 0 Å². The van der Waals surface area contributed by atoms with Crippen LogP contribution in [0.2, 0.25) is 0 Å². The van der Waals surface area contributed by atoms with E-state index in [1.807, 2.05) is 0 Å². The van der Waals surface area contributed by atoms with Gasteiger partial charge in [-0.05, 0) is 31.4 Å². The van der Waals surface area contributed by atoms with Crippen molar-refractivity contribution in [1.29, 1.82) is 0 Å². The standard InChI is InChI=1S/C14H22N2O/c1-11(2)6-4-7-12(3)16-14(17)13-8-5-9-15-10-13/h5,8-12H,4,6-7H2,1-3H3,(H,16,17). The van der Waals surface area contributed by atoms with E-state index in [2.05, 4.69) is 31.1 Å². The molecule has 1 amide bonds. The average molecular weight is 234 g/mol. The fourth-order valence-electron chi connectivity index (χ4n) is 1.71. The second kappa shape index (κ2) is 7.05. The van der Waals surface area contributed by atoms with E-state index in [1.54, 1.807) is 24.5 Å². The molecule has 0 saturated carbocycles. The number of aromatic nitrogens is 1.